The predicted octanol–water partition coefficient (Wildman–Crippen LogP) is 5.10. The highest BCUT2D eigenvalue weighted by atomic mass is 16.2. The summed E-state index contributed by atoms with van der Waals surface area (Å²) in [7, 11) is 0. The average molecular weight is 360 g/mol. The van der Waals surface area contributed by atoms with E-state index in [1.54, 1.807) is 29.2 Å². The average Bonchev–Trinajstić information content (AvgIpc) is 2.69. The summed E-state index contributed by atoms with van der Waals surface area (Å²) in [6, 6.07) is 21.1. The van der Waals surface area contributed by atoms with Crippen LogP contribution in [0, 0.1) is 5.92 Å². The van der Waals surface area contributed by atoms with E-state index >= 15 is 0 Å². The van der Waals surface area contributed by atoms with Crippen LogP contribution in [0.5, 0.6) is 0 Å². The summed E-state index contributed by atoms with van der Waals surface area (Å²) in [5, 5.41) is 5.00. The molecule has 138 valence electrons. The van der Waals surface area contributed by atoms with E-state index < -0.39 is 0 Å². The Kier molecular flexibility index (Phi) is 5.55. The molecule has 0 unspecified atom stereocenters. The number of benzene rings is 3. The summed E-state index contributed by atoms with van der Waals surface area (Å²) < 4.78 is 0. The Morgan fingerprint density at radius 3 is 2.26 bits per heavy atom. The summed E-state index contributed by atoms with van der Waals surface area (Å²) in [4.78, 5) is 26.7. The van der Waals surface area contributed by atoms with E-state index in [0.29, 0.717) is 17.8 Å². The van der Waals surface area contributed by atoms with Gasteiger partial charge in [-0.05, 0) is 42.6 Å². The van der Waals surface area contributed by atoms with E-state index in [4.69, 9.17) is 0 Å². The van der Waals surface area contributed by atoms with Crippen molar-refractivity contribution in [1.29, 1.82) is 0 Å². The normalized spacial score (nSPS) is 10.8. The maximum atomic E-state index is 13.1. The van der Waals surface area contributed by atoms with Crippen molar-refractivity contribution in [1.82, 2.24) is 0 Å². The van der Waals surface area contributed by atoms with Gasteiger partial charge in [-0.2, -0.15) is 0 Å². The van der Waals surface area contributed by atoms with Gasteiger partial charge in [-0.1, -0.05) is 50.2 Å². The fraction of sp³-hybridized carbons (Fsp3) is 0.217. The van der Waals surface area contributed by atoms with E-state index in [9.17, 15) is 9.59 Å². The van der Waals surface area contributed by atoms with E-state index in [0.717, 1.165) is 16.5 Å². The SMILES string of the molecule is CCN(C(=O)c1ccc(NC(=O)C(C)C)cc1)c1cccc2ccccc12. The van der Waals surface area contributed by atoms with Gasteiger partial charge in [0.15, 0.2) is 0 Å². The van der Waals surface area contributed by atoms with Gasteiger partial charge >= 0.3 is 0 Å². The second-order valence-electron chi connectivity index (χ2n) is 6.77. The minimum Gasteiger partial charge on any atom is -0.326 e. The van der Waals surface area contributed by atoms with Crippen LogP contribution in [0.2, 0.25) is 0 Å². The van der Waals surface area contributed by atoms with Crippen molar-refractivity contribution < 1.29 is 9.59 Å². The molecule has 0 aliphatic heterocycles. The van der Waals surface area contributed by atoms with Crippen molar-refractivity contribution in [3.63, 3.8) is 0 Å². The fourth-order valence-corrected chi connectivity index (χ4v) is 3.01. The lowest BCUT2D eigenvalue weighted by atomic mass is 10.1. The van der Waals surface area contributed by atoms with Gasteiger partial charge < -0.3 is 10.2 Å². The second-order valence-corrected chi connectivity index (χ2v) is 6.77. The first kappa shape index (κ1) is 18.6. The van der Waals surface area contributed by atoms with Gasteiger partial charge in [0.2, 0.25) is 5.91 Å². The van der Waals surface area contributed by atoms with Crippen molar-refractivity contribution in [3.05, 3.63) is 72.3 Å². The van der Waals surface area contributed by atoms with Crippen LogP contribution in [-0.4, -0.2) is 18.4 Å². The van der Waals surface area contributed by atoms with Crippen LogP contribution in [0.1, 0.15) is 31.1 Å². The first-order valence-electron chi connectivity index (χ1n) is 9.21. The number of carbonyl (C=O) groups excluding carboxylic acids is 2. The molecule has 2 amide bonds. The van der Waals surface area contributed by atoms with Crippen molar-refractivity contribution in [2.45, 2.75) is 20.8 Å². The Bertz CT molecular complexity index is 956. The lowest BCUT2D eigenvalue weighted by Gasteiger charge is -2.23. The Balaban J connectivity index is 1.88. The summed E-state index contributed by atoms with van der Waals surface area (Å²) in [6.45, 7) is 6.22. The van der Waals surface area contributed by atoms with Crippen LogP contribution < -0.4 is 10.2 Å². The number of anilines is 2. The van der Waals surface area contributed by atoms with E-state index in [2.05, 4.69) is 5.32 Å². The van der Waals surface area contributed by atoms with Crippen molar-refractivity contribution in [2.24, 2.45) is 5.92 Å². The highest BCUT2D eigenvalue weighted by molar-refractivity contribution is 6.11. The molecule has 4 nitrogen and oxygen atoms in total. The highest BCUT2D eigenvalue weighted by Crippen LogP contribution is 2.28. The van der Waals surface area contributed by atoms with E-state index in [1.807, 2.05) is 63.2 Å². The molecule has 3 aromatic carbocycles. The van der Waals surface area contributed by atoms with Crippen LogP contribution in [0.25, 0.3) is 10.8 Å². The number of nitrogens with one attached hydrogen (secondary N) is 1. The molecule has 0 atom stereocenters. The third kappa shape index (κ3) is 4.00. The van der Waals surface area contributed by atoms with Gasteiger partial charge in [0, 0.05) is 29.1 Å². The van der Waals surface area contributed by atoms with Crippen LogP contribution in [0.3, 0.4) is 0 Å². The lowest BCUT2D eigenvalue weighted by Crippen LogP contribution is -2.30. The van der Waals surface area contributed by atoms with Crippen LogP contribution >= 0.6 is 0 Å². The highest BCUT2D eigenvalue weighted by Gasteiger charge is 2.18. The number of fused-ring (bicyclic) bond motifs is 1. The molecule has 0 aromatic heterocycles. The van der Waals surface area contributed by atoms with Crippen LogP contribution in [-0.2, 0) is 4.79 Å². The Morgan fingerprint density at radius 2 is 1.59 bits per heavy atom. The smallest absolute Gasteiger partial charge is 0.258 e. The van der Waals surface area contributed by atoms with E-state index in [1.165, 1.54) is 0 Å². The zero-order valence-corrected chi connectivity index (χ0v) is 15.9. The molecular weight excluding hydrogens is 336 g/mol. The molecule has 0 spiro atoms. The minimum atomic E-state index is -0.0896. The number of amides is 2. The molecule has 0 saturated carbocycles. The maximum absolute atomic E-state index is 13.1. The summed E-state index contributed by atoms with van der Waals surface area (Å²) in [5.41, 5.74) is 2.18. The quantitative estimate of drug-likeness (QED) is 0.688. The topological polar surface area (TPSA) is 49.4 Å². The first-order valence-corrected chi connectivity index (χ1v) is 9.21. The zero-order valence-electron chi connectivity index (χ0n) is 15.9. The van der Waals surface area contributed by atoms with Gasteiger partial charge in [0.25, 0.3) is 5.91 Å². The fourth-order valence-electron chi connectivity index (χ4n) is 3.01. The molecule has 0 heterocycles. The van der Waals surface area contributed by atoms with Crippen molar-refractivity contribution in [3.8, 4) is 0 Å². The zero-order chi connectivity index (χ0) is 19.4. The van der Waals surface area contributed by atoms with Gasteiger partial charge in [-0.15, -0.1) is 0 Å². The van der Waals surface area contributed by atoms with Gasteiger partial charge in [0.05, 0.1) is 5.69 Å². The van der Waals surface area contributed by atoms with Gasteiger partial charge in [-0.3, -0.25) is 9.59 Å². The first-order chi connectivity index (χ1) is 13.0. The van der Waals surface area contributed by atoms with Crippen LogP contribution in [0.4, 0.5) is 11.4 Å². The molecule has 1 N–H and O–H groups in total. The largest absolute Gasteiger partial charge is 0.326 e. The second kappa shape index (κ2) is 8.04. The molecule has 0 bridgehead atoms. The third-order valence-corrected chi connectivity index (χ3v) is 4.54. The molecule has 0 aliphatic rings. The molecule has 27 heavy (non-hydrogen) atoms. The summed E-state index contributed by atoms with van der Waals surface area (Å²) in [6.07, 6.45) is 0. The molecule has 3 rings (SSSR count). The molecule has 0 radical (unpaired) electrons. The summed E-state index contributed by atoms with van der Waals surface area (Å²) in [5.74, 6) is -0.191. The number of rotatable bonds is 5. The molecule has 3 aromatic rings. The van der Waals surface area contributed by atoms with Crippen molar-refractivity contribution in [2.75, 3.05) is 16.8 Å². The molecule has 0 fully saturated rings. The number of hydrogen-bond donors (Lipinski definition) is 1. The van der Waals surface area contributed by atoms with Crippen LogP contribution in [0.15, 0.2) is 66.7 Å². The molecule has 0 saturated heterocycles. The molecular formula is C23H24N2O2. The Morgan fingerprint density at radius 1 is 0.926 bits per heavy atom. The third-order valence-electron chi connectivity index (χ3n) is 4.54. The minimum absolute atomic E-state index is 0.0417. The Hall–Kier alpha value is -3.14. The molecule has 0 aliphatic carbocycles. The standard InChI is InChI=1S/C23H24N2O2/c1-4-25(21-11-7-9-17-8-5-6-10-20(17)21)23(27)18-12-14-19(15-13-18)24-22(26)16(2)3/h5-16H,4H2,1-3H3,(H,24,26). The monoisotopic (exact) mass is 360 g/mol. The summed E-state index contributed by atoms with van der Waals surface area (Å²) >= 11 is 0. The number of nitrogens with zero attached hydrogens (tertiary/aromatic N) is 1. The molecule has 4 heteroatoms. The van der Waals surface area contributed by atoms with Gasteiger partial charge in [-0.25, -0.2) is 0 Å². The predicted molar refractivity (Wildman–Crippen MR) is 111 cm³/mol. The lowest BCUT2D eigenvalue weighted by molar-refractivity contribution is -0.118. The number of hydrogen-bond acceptors (Lipinski definition) is 2. The maximum Gasteiger partial charge on any atom is 0.258 e. The number of carbonyl (C=O) groups is 2. The Labute approximate surface area is 159 Å². The van der Waals surface area contributed by atoms with E-state index in [-0.39, 0.29) is 17.7 Å². The van der Waals surface area contributed by atoms with Gasteiger partial charge in [0.1, 0.15) is 0 Å². The van der Waals surface area contributed by atoms with Crippen molar-refractivity contribution >= 4 is 34.0 Å².